The summed E-state index contributed by atoms with van der Waals surface area (Å²) in [6, 6.07) is 13.6. The minimum absolute atomic E-state index is 0.758. The predicted octanol–water partition coefficient (Wildman–Crippen LogP) is 7.72. The van der Waals surface area contributed by atoms with Gasteiger partial charge in [0.2, 0.25) is 0 Å². The second-order valence-corrected chi connectivity index (χ2v) is 8.28. The fourth-order valence-corrected chi connectivity index (χ4v) is 4.36. The van der Waals surface area contributed by atoms with E-state index in [0.29, 0.717) is 0 Å². The second kappa shape index (κ2) is 9.88. The first kappa shape index (κ1) is 19.9. The van der Waals surface area contributed by atoms with Crippen molar-refractivity contribution in [3.8, 4) is 11.3 Å². The van der Waals surface area contributed by atoms with Crippen molar-refractivity contribution in [2.24, 2.45) is 5.92 Å². The smallest absolute Gasteiger partial charge is 0.0702 e. The third kappa shape index (κ3) is 5.54. The summed E-state index contributed by atoms with van der Waals surface area (Å²) >= 11 is 0. The first-order valence-electron chi connectivity index (χ1n) is 10.9. The predicted molar refractivity (Wildman–Crippen MR) is 117 cm³/mol. The Balaban J connectivity index is 1.58. The monoisotopic (exact) mass is 361 g/mol. The van der Waals surface area contributed by atoms with Crippen LogP contribution in [0, 0.1) is 5.92 Å². The van der Waals surface area contributed by atoms with E-state index in [-0.39, 0.29) is 0 Å². The minimum Gasteiger partial charge on any atom is -0.256 e. The van der Waals surface area contributed by atoms with Crippen LogP contribution in [-0.4, -0.2) is 4.98 Å². The molecule has 1 aliphatic carbocycles. The van der Waals surface area contributed by atoms with Gasteiger partial charge in [-0.3, -0.25) is 4.98 Å². The number of hydrogen-bond donors (Lipinski definition) is 0. The van der Waals surface area contributed by atoms with E-state index < -0.39 is 0 Å². The zero-order chi connectivity index (χ0) is 19.1. The third-order valence-electron chi connectivity index (χ3n) is 6.31. The van der Waals surface area contributed by atoms with Gasteiger partial charge >= 0.3 is 0 Å². The molecule has 1 saturated carbocycles. The lowest BCUT2D eigenvalue weighted by Crippen LogP contribution is -2.13. The number of pyridine rings is 1. The summed E-state index contributed by atoms with van der Waals surface area (Å²) in [6.45, 7) is 8.58. The Hall–Kier alpha value is -1.89. The van der Waals surface area contributed by atoms with E-state index in [1.807, 2.05) is 6.20 Å². The lowest BCUT2D eigenvalue weighted by Gasteiger charge is -2.28. The van der Waals surface area contributed by atoms with E-state index in [2.05, 4.69) is 56.8 Å². The van der Waals surface area contributed by atoms with Gasteiger partial charge in [-0.1, -0.05) is 69.2 Å². The summed E-state index contributed by atoms with van der Waals surface area (Å²) in [5, 5.41) is 0. The second-order valence-electron chi connectivity index (χ2n) is 8.28. The molecule has 3 rings (SSSR count). The Morgan fingerprint density at radius 2 is 1.74 bits per heavy atom. The van der Waals surface area contributed by atoms with Crippen molar-refractivity contribution in [2.45, 2.75) is 77.6 Å². The van der Waals surface area contributed by atoms with Crippen LogP contribution >= 0.6 is 0 Å². The molecule has 1 heterocycles. The van der Waals surface area contributed by atoms with E-state index in [1.54, 1.807) is 0 Å². The van der Waals surface area contributed by atoms with Crippen LogP contribution in [0.5, 0.6) is 0 Å². The van der Waals surface area contributed by atoms with Crippen LogP contribution in [0.2, 0.25) is 0 Å². The van der Waals surface area contributed by atoms with Crippen LogP contribution in [0.3, 0.4) is 0 Å². The van der Waals surface area contributed by atoms with Gasteiger partial charge in [0, 0.05) is 11.8 Å². The van der Waals surface area contributed by atoms with Crippen LogP contribution in [0.25, 0.3) is 11.3 Å². The van der Waals surface area contributed by atoms with Gasteiger partial charge in [0.15, 0.2) is 0 Å². The van der Waals surface area contributed by atoms with Crippen molar-refractivity contribution in [2.75, 3.05) is 0 Å². The topological polar surface area (TPSA) is 12.9 Å². The van der Waals surface area contributed by atoms with Gasteiger partial charge in [0.25, 0.3) is 0 Å². The Kier molecular flexibility index (Phi) is 7.26. The maximum atomic E-state index is 4.70. The van der Waals surface area contributed by atoms with Crippen LogP contribution in [0.1, 0.15) is 82.3 Å². The molecule has 1 nitrogen and oxygen atoms in total. The Morgan fingerprint density at radius 3 is 2.33 bits per heavy atom. The normalized spacial score (nSPS) is 19.8. The molecule has 0 bridgehead atoms. The van der Waals surface area contributed by atoms with Crippen molar-refractivity contribution in [3.05, 3.63) is 65.9 Å². The molecule has 0 N–H and O–H groups in total. The molecule has 1 heteroatoms. The summed E-state index contributed by atoms with van der Waals surface area (Å²) in [5.41, 5.74) is 6.44. The Bertz CT molecular complexity index is 703. The first-order chi connectivity index (χ1) is 13.2. The lowest BCUT2D eigenvalue weighted by molar-refractivity contribution is 0.308. The molecule has 1 fully saturated rings. The molecule has 0 spiro atoms. The van der Waals surface area contributed by atoms with E-state index >= 15 is 0 Å². The van der Waals surface area contributed by atoms with E-state index in [9.17, 15) is 0 Å². The molecule has 0 atom stereocenters. The molecule has 0 radical (unpaired) electrons. The van der Waals surface area contributed by atoms with Crippen molar-refractivity contribution in [3.63, 3.8) is 0 Å². The summed E-state index contributed by atoms with van der Waals surface area (Å²) in [7, 11) is 0. The maximum Gasteiger partial charge on any atom is 0.0702 e. The molecule has 0 saturated heterocycles. The number of allylic oxidation sites excluding steroid dienone is 1. The number of aryl methyl sites for hydroxylation is 1. The Labute approximate surface area is 165 Å². The maximum absolute atomic E-state index is 4.70. The van der Waals surface area contributed by atoms with Gasteiger partial charge in [0.1, 0.15) is 0 Å². The summed E-state index contributed by atoms with van der Waals surface area (Å²) < 4.78 is 0. The average molecular weight is 362 g/mol. The molecule has 1 aromatic heterocycles. The summed E-state index contributed by atoms with van der Waals surface area (Å²) in [6.07, 6.45) is 13.5. The zero-order valence-electron chi connectivity index (χ0n) is 17.2. The highest BCUT2D eigenvalue weighted by atomic mass is 14.7. The molecular weight excluding hydrogens is 326 g/mol. The van der Waals surface area contributed by atoms with Gasteiger partial charge in [-0.05, 0) is 74.0 Å². The molecule has 27 heavy (non-hydrogen) atoms. The molecule has 144 valence electrons. The zero-order valence-corrected chi connectivity index (χ0v) is 17.2. The minimum atomic E-state index is 0.758. The molecule has 0 amide bonds. The molecular formula is C26H35N. The fourth-order valence-electron chi connectivity index (χ4n) is 4.36. The molecule has 0 unspecified atom stereocenters. The lowest BCUT2D eigenvalue weighted by atomic mass is 9.77. The number of benzene rings is 1. The van der Waals surface area contributed by atoms with Crippen LogP contribution in [0.15, 0.2) is 54.7 Å². The van der Waals surface area contributed by atoms with Crippen molar-refractivity contribution < 1.29 is 0 Å². The quantitative estimate of drug-likeness (QED) is 0.438. The van der Waals surface area contributed by atoms with Gasteiger partial charge in [-0.25, -0.2) is 0 Å². The largest absolute Gasteiger partial charge is 0.256 e. The van der Waals surface area contributed by atoms with Crippen LogP contribution < -0.4 is 0 Å². The summed E-state index contributed by atoms with van der Waals surface area (Å²) in [4.78, 5) is 4.70. The highest BCUT2D eigenvalue weighted by molar-refractivity contribution is 5.59. The molecule has 2 aromatic rings. The first-order valence-corrected chi connectivity index (χ1v) is 10.9. The SMILES string of the molecule is C=C(CC)CCc1ccc(-c2ccc(C3CCC(CCC)CC3)cc2)nc1. The van der Waals surface area contributed by atoms with Gasteiger partial charge in [-0.15, -0.1) is 0 Å². The van der Waals surface area contributed by atoms with Crippen LogP contribution in [0.4, 0.5) is 0 Å². The molecule has 1 aliphatic rings. The highest BCUT2D eigenvalue weighted by Gasteiger charge is 2.21. The fraction of sp³-hybridized carbons (Fsp3) is 0.500. The molecule has 0 aliphatic heterocycles. The standard InChI is InChI=1S/C26H35N/c1-4-6-21-9-12-23(13-10-21)24-14-16-25(17-15-24)26-18-11-22(19-27-26)8-7-20(3)5-2/h11,14-19,21,23H,3-10,12-13H2,1-2H3. The number of nitrogens with zero attached hydrogens (tertiary/aromatic N) is 1. The van der Waals surface area contributed by atoms with Crippen molar-refractivity contribution >= 4 is 0 Å². The van der Waals surface area contributed by atoms with Crippen molar-refractivity contribution in [1.82, 2.24) is 4.98 Å². The highest BCUT2D eigenvalue weighted by Crippen LogP contribution is 2.37. The van der Waals surface area contributed by atoms with E-state index in [1.165, 1.54) is 60.8 Å². The summed E-state index contributed by atoms with van der Waals surface area (Å²) in [5.74, 6) is 1.73. The van der Waals surface area contributed by atoms with Gasteiger partial charge < -0.3 is 0 Å². The molecule has 1 aromatic carbocycles. The number of rotatable bonds is 8. The Morgan fingerprint density at radius 1 is 1.00 bits per heavy atom. The third-order valence-corrected chi connectivity index (χ3v) is 6.31. The number of hydrogen-bond acceptors (Lipinski definition) is 1. The number of aromatic nitrogens is 1. The van der Waals surface area contributed by atoms with Gasteiger partial charge in [-0.2, -0.15) is 0 Å². The van der Waals surface area contributed by atoms with E-state index in [4.69, 9.17) is 4.98 Å². The van der Waals surface area contributed by atoms with Crippen LogP contribution in [-0.2, 0) is 6.42 Å². The average Bonchev–Trinajstić information content (AvgIpc) is 2.73. The van der Waals surface area contributed by atoms with Crippen molar-refractivity contribution in [1.29, 1.82) is 0 Å². The van der Waals surface area contributed by atoms with E-state index in [0.717, 1.165) is 36.8 Å². The van der Waals surface area contributed by atoms with Gasteiger partial charge in [0.05, 0.1) is 5.69 Å².